The summed E-state index contributed by atoms with van der Waals surface area (Å²) >= 11 is 1.25. The summed E-state index contributed by atoms with van der Waals surface area (Å²) in [5, 5.41) is 11.4. The molecule has 1 aliphatic heterocycles. The summed E-state index contributed by atoms with van der Waals surface area (Å²) in [5.41, 5.74) is 0. The summed E-state index contributed by atoms with van der Waals surface area (Å²) in [6, 6.07) is 0. The van der Waals surface area contributed by atoms with Gasteiger partial charge in [0.05, 0.1) is 11.5 Å². The van der Waals surface area contributed by atoms with Crippen molar-refractivity contribution in [3.63, 3.8) is 0 Å². The van der Waals surface area contributed by atoms with Crippen LogP contribution in [-0.2, 0) is 26.0 Å². The number of nitrogens with one attached hydrogen (secondary N) is 1. The lowest BCUT2D eigenvalue weighted by Crippen LogP contribution is -2.17. The van der Waals surface area contributed by atoms with E-state index < -0.39 is 9.84 Å². The van der Waals surface area contributed by atoms with Gasteiger partial charge < -0.3 is 10.1 Å². The molecular formula is C10H15N3O4S2. The second kappa shape index (κ2) is 5.93. The van der Waals surface area contributed by atoms with Crippen LogP contribution in [0, 0.1) is 5.92 Å². The van der Waals surface area contributed by atoms with E-state index in [1.807, 2.05) is 0 Å². The highest BCUT2D eigenvalue weighted by Gasteiger charge is 2.29. The monoisotopic (exact) mass is 305 g/mol. The Hall–Kier alpha value is -1.06. The third kappa shape index (κ3) is 4.22. The third-order valence-electron chi connectivity index (χ3n) is 2.78. The van der Waals surface area contributed by atoms with Crippen molar-refractivity contribution >= 4 is 32.2 Å². The molecule has 2 heterocycles. The number of rotatable bonds is 5. The Morgan fingerprint density at radius 1 is 1.53 bits per heavy atom. The van der Waals surface area contributed by atoms with Crippen LogP contribution < -0.4 is 5.32 Å². The number of aromatic nitrogens is 2. The molecule has 1 saturated heterocycles. The van der Waals surface area contributed by atoms with E-state index in [1.165, 1.54) is 11.3 Å². The van der Waals surface area contributed by atoms with E-state index in [1.54, 1.807) is 7.11 Å². The second-order valence-corrected chi connectivity index (χ2v) is 7.75. The number of anilines is 1. The highest BCUT2D eigenvalue weighted by molar-refractivity contribution is 7.91. The molecule has 19 heavy (non-hydrogen) atoms. The molecule has 1 aliphatic rings. The molecule has 1 amide bonds. The Morgan fingerprint density at radius 3 is 2.95 bits per heavy atom. The molecule has 1 aromatic heterocycles. The van der Waals surface area contributed by atoms with Gasteiger partial charge in [0, 0.05) is 13.5 Å². The van der Waals surface area contributed by atoms with E-state index in [0.29, 0.717) is 23.2 Å². The van der Waals surface area contributed by atoms with Crippen molar-refractivity contribution in [2.75, 3.05) is 23.9 Å². The topological polar surface area (TPSA) is 98.2 Å². The number of sulfone groups is 1. The number of carbonyl (C=O) groups is 1. The molecule has 2 rings (SSSR count). The normalized spacial score (nSPS) is 21.4. The number of nitrogens with zero attached hydrogens (tertiary/aromatic N) is 2. The molecule has 1 aromatic rings. The number of hydrogen-bond donors (Lipinski definition) is 1. The van der Waals surface area contributed by atoms with Crippen LogP contribution in [0.4, 0.5) is 5.13 Å². The molecule has 1 atom stereocenters. The van der Waals surface area contributed by atoms with Crippen molar-refractivity contribution in [2.45, 2.75) is 19.4 Å². The first-order chi connectivity index (χ1) is 8.98. The first kappa shape index (κ1) is 14.4. The van der Waals surface area contributed by atoms with Crippen molar-refractivity contribution in [3.8, 4) is 0 Å². The van der Waals surface area contributed by atoms with Crippen LogP contribution in [0.25, 0.3) is 0 Å². The quantitative estimate of drug-likeness (QED) is 0.848. The maximum Gasteiger partial charge on any atom is 0.226 e. The number of amides is 1. The Morgan fingerprint density at radius 2 is 2.32 bits per heavy atom. The van der Waals surface area contributed by atoms with E-state index in [4.69, 9.17) is 4.74 Å². The third-order valence-corrected chi connectivity index (χ3v) is 5.43. The lowest BCUT2D eigenvalue weighted by Gasteiger charge is -2.05. The highest BCUT2D eigenvalue weighted by atomic mass is 32.2. The van der Waals surface area contributed by atoms with Gasteiger partial charge >= 0.3 is 0 Å². The highest BCUT2D eigenvalue weighted by Crippen LogP contribution is 2.23. The largest absolute Gasteiger partial charge is 0.377 e. The first-order valence-electron chi connectivity index (χ1n) is 5.80. The number of methoxy groups -OCH3 is 1. The fraction of sp³-hybridized carbons (Fsp3) is 0.700. The van der Waals surface area contributed by atoms with Gasteiger partial charge in [-0.25, -0.2) is 8.42 Å². The molecule has 7 nitrogen and oxygen atoms in total. The zero-order chi connectivity index (χ0) is 13.9. The maximum atomic E-state index is 11.7. The van der Waals surface area contributed by atoms with Crippen LogP contribution in [0.2, 0.25) is 0 Å². The summed E-state index contributed by atoms with van der Waals surface area (Å²) in [6.07, 6.45) is 0.763. The summed E-state index contributed by atoms with van der Waals surface area (Å²) in [6.45, 7) is 0.356. The van der Waals surface area contributed by atoms with E-state index in [0.717, 1.165) is 0 Å². The molecule has 1 N–H and O–H groups in total. The Balaban J connectivity index is 1.84. The molecule has 0 spiro atoms. The molecule has 0 radical (unpaired) electrons. The first-order valence-corrected chi connectivity index (χ1v) is 8.44. The molecule has 0 aromatic carbocycles. The molecule has 1 fully saturated rings. The minimum atomic E-state index is -2.94. The van der Waals surface area contributed by atoms with Crippen LogP contribution in [0.3, 0.4) is 0 Å². The van der Waals surface area contributed by atoms with Gasteiger partial charge in [-0.15, -0.1) is 10.2 Å². The Bertz CT molecular complexity index is 555. The molecular weight excluding hydrogens is 290 g/mol. The fourth-order valence-corrected chi connectivity index (χ4v) is 4.54. The van der Waals surface area contributed by atoms with Gasteiger partial charge in [-0.05, 0) is 12.3 Å². The lowest BCUT2D eigenvalue weighted by atomic mass is 10.1. The van der Waals surface area contributed by atoms with Crippen LogP contribution in [0.1, 0.15) is 17.8 Å². The van der Waals surface area contributed by atoms with Gasteiger partial charge in [0.2, 0.25) is 11.0 Å². The summed E-state index contributed by atoms with van der Waals surface area (Å²) in [7, 11) is -1.38. The average Bonchev–Trinajstić information content (AvgIpc) is 2.86. The van der Waals surface area contributed by atoms with E-state index in [2.05, 4.69) is 15.5 Å². The molecule has 0 bridgehead atoms. The maximum absolute atomic E-state index is 11.7. The van der Waals surface area contributed by atoms with Crippen molar-refractivity contribution in [1.29, 1.82) is 0 Å². The zero-order valence-electron chi connectivity index (χ0n) is 10.5. The minimum absolute atomic E-state index is 0.0867. The van der Waals surface area contributed by atoms with Crippen LogP contribution in [-0.4, -0.2) is 43.1 Å². The predicted octanol–water partition coefficient (Wildman–Crippen LogP) is 0.448. The van der Waals surface area contributed by atoms with Gasteiger partial charge in [0.1, 0.15) is 11.6 Å². The smallest absolute Gasteiger partial charge is 0.226 e. The summed E-state index contributed by atoms with van der Waals surface area (Å²) in [4.78, 5) is 11.7. The molecule has 1 unspecified atom stereocenters. The molecule has 9 heteroatoms. The molecule has 0 aliphatic carbocycles. The molecule has 0 saturated carbocycles. The van der Waals surface area contributed by atoms with Crippen LogP contribution in [0.5, 0.6) is 0 Å². The second-order valence-electron chi connectivity index (χ2n) is 4.46. The predicted molar refractivity (Wildman–Crippen MR) is 70.6 cm³/mol. The number of carbonyl (C=O) groups excluding carboxylic acids is 1. The molecule has 106 valence electrons. The Labute approximate surface area is 115 Å². The van der Waals surface area contributed by atoms with Gasteiger partial charge in [0.15, 0.2) is 9.84 Å². The van der Waals surface area contributed by atoms with Crippen molar-refractivity contribution < 1.29 is 17.9 Å². The van der Waals surface area contributed by atoms with E-state index in [-0.39, 0.29) is 29.8 Å². The van der Waals surface area contributed by atoms with Crippen LogP contribution in [0.15, 0.2) is 0 Å². The zero-order valence-corrected chi connectivity index (χ0v) is 12.1. The standard InChI is InChI=1S/C10H15N3O4S2/c1-17-5-9-12-13-10(18-9)11-8(14)4-7-2-3-19(15,16)6-7/h7H,2-6H2,1H3,(H,11,13,14). The van der Waals surface area contributed by atoms with Gasteiger partial charge in [-0.2, -0.15) is 0 Å². The van der Waals surface area contributed by atoms with E-state index >= 15 is 0 Å². The van der Waals surface area contributed by atoms with Crippen molar-refractivity contribution in [1.82, 2.24) is 10.2 Å². The van der Waals surface area contributed by atoms with Gasteiger partial charge in [-0.1, -0.05) is 11.3 Å². The van der Waals surface area contributed by atoms with E-state index in [9.17, 15) is 13.2 Å². The van der Waals surface area contributed by atoms with Gasteiger partial charge in [0.25, 0.3) is 0 Å². The van der Waals surface area contributed by atoms with Crippen LogP contribution >= 0.6 is 11.3 Å². The summed E-state index contributed by atoms with van der Waals surface area (Å²) < 4.78 is 27.5. The van der Waals surface area contributed by atoms with Gasteiger partial charge in [-0.3, -0.25) is 4.79 Å². The number of ether oxygens (including phenoxy) is 1. The minimum Gasteiger partial charge on any atom is -0.377 e. The lowest BCUT2D eigenvalue weighted by molar-refractivity contribution is -0.116. The summed E-state index contributed by atoms with van der Waals surface area (Å²) in [5.74, 6) is -0.0219. The van der Waals surface area contributed by atoms with Crippen molar-refractivity contribution in [3.05, 3.63) is 5.01 Å². The number of hydrogen-bond acceptors (Lipinski definition) is 7. The average molecular weight is 305 g/mol. The Kier molecular flexibility index (Phi) is 4.48. The SMILES string of the molecule is COCc1nnc(NC(=O)CC2CCS(=O)(=O)C2)s1. The fourth-order valence-electron chi connectivity index (χ4n) is 1.95. The van der Waals surface area contributed by atoms with Crippen molar-refractivity contribution in [2.24, 2.45) is 5.92 Å².